The number of piperidine rings is 2. The highest BCUT2D eigenvalue weighted by Crippen LogP contribution is 2.31. The molecule has 0 spiro atoms. The van der Waals surface area contributed by atoms with Crippen molar-refractivity contribution in [3.63, 3.8) is 0 Å². The predicted molar refractivity (Wildman–Crippen MR) is 458 cm³/mol. The smallest absolute Gasteiger partial charge is 0.255 e. The number of nitrogens with two attached hydrogens (primary N) is 5. The van der Waals surface area contributed by atoms with E-state index in [2.05, 4.69) is 57.3 Å². The van der Waals surface area contributed by atoms with E-state index in [0.717, 1.165) is 125 Å². The highest BCUT2D eigenvalue weighted by Gasteiger charge is 2.32. The van der Waals surface area contributed by atoms with Gasteiger partial charge in [-0.15, -0.1) is 25.5 Å². The first kappa shape index (κ1) is 81.8. The zero-order valence-corrected chi connectivity index (χ0v) is 68.6. The maximum Gasteiger partial charge on any atom is 0.255 e. The zero-order valence-electron chi connectivity index (χ0n) is 68.6. The Labute approximate surface area is 695 Å². The molecular weight excluding hydrogens is 1540 g/mol. The maximum atomic E-state index is 12.9. The zero-order chi connectivity index (χ0) is 84.7. The molecule has 4 fully saturated rings. The number of fused-ring (bicyclic) bond motifs is 5. The highest BCUT2D eigenvalue weighted by atomic mass is 16.5. The molecule has 624 valence electrons. The van der Waals surface area contributed by atoms with Gasteiger partial charge in [-0.05, 0) is 165 Å². The predicted octanol–water partition coefficient (Wildman–Crippen LogP) is 12.2. The quantitative estimate of drug-likeness (QED) is 0.0675. The largest absolute Gasteiger partial charge is 0.458 e. The second-order valence-electron chi connectivity index (χ2n) is 30.6. The Morgan fingerprint density at radius 1 is 0.413 bits per heavy atom. The van der Waals surface area contributed by atoms with Gasteiger partial charge in [-0.25, -0.2) is 47.5 Å². The normalized spacial score (nSPS) is 15.3. The molecule has 121 heavy (non-hydrogen) atoms. The molecule has 2 aromatic carbocycles. The van der Waals surface area contributed by atoms with E-state index >= 15 is 0 Å². The maximum absolute atomic E-state index is 12.9. The summed E-state index contributed by atoms with van der Waals surface area (Å²) in [5.74, 6) is 6.48. The van der Waals surface area contributed by atoms with Crippen LogP contribution in [0.5, 0.6) is 0 Å². The third-order valence-corrected chi connectivity index (χ3v) is 21.5. The molecule has 34 nitrogen and oxygen atoms in total. The summed E-state index contributed by atoms with van der Waals surface area (Å²) in [6, 6.07) is 39.1. The monoisotopic (exact) mass is 1640 g/mol. The molecule has 34 heteroatoms. The van der Waals surface area contributed by atoms with Crippen LogP contribution in [0.4, 0.5) is 28.4 Å². The number of likely N-dealkylation sites (tertiary alicyclic amines) is 4. The van der Waals surface area contributed by atoms with E-state index in [1.54, 1.807) is 98.4 Å². The Hall–Kier alpha value is -14.3. The molecule has 15 aromatic rings. The number of carbonyl (C=O) groups is 5. The number of amides is 5. The van der Waals surface area contributed by atoms with Crippen LogP contribution in [0.3, 0.4) is 0 Å². The lowest BCUT2D eigenvalue weighted by Crippen LogP contribution is -2.38. The van der Waals surface area contributed by atoms with Gasteiger partial charge in [-0.3, -0.25) is 24.0 Å². The fourth-order valence-corrected chi connectivity index (χ4v) is 15.3. The Bertz CT molecular complexity index is 6260. The van der Waals surface area contributed by atoms with Crippen molar-refractivity contribution in [1.29, 1.82) is 0 Å². The standard InChI is InChI=1S/C18H21N5O3.C18H19N5O.2C17H19N5O2.C17H19N5O/c1-11-5-6-15(26-11)16-20-17-14(19)8-12(9-23(17)21-16)18(24)22-7-3-4-13(22)10-25-2;19-15-11-14(18(24)22-9-5-2-6-10-22)12-23-17(15)20-16(21-23)13-7-3-1-4-8-13;1-10-4-3-7-21(10)17(23)12-8-13(18)16-19-15(20-22(16)9-12)14-6-5-11(2)24-14;1-11-5-6-14(24-11)15-19-16-13(18)9-12(10-22(16)20-15)17(23)21-7-3-2-4-8-21;1-3-9-21(2)17(23)13-10-14(18)16-19-15(20-22(16)11-13)12-7-5-4-6-8-12/h5-6,8-9,13H,3-4,7,10,19H2,1-2H3;1,3-4,7-8,11-12H,2,5-6,9-10,19H2;5-6,8-10H,3-4,7,18H2,1-2H3;5-6,9-10H,2-4,7-8,18H2,1H3;4-8,10-11H,3,9,18H2,1-2H3/t13-;;;;/m0..../s1. The van der Waals surface area contributed by atoms with Crippen molar-refractivity contribution in [2.45, 2.75) is 117 Å². The number of carbonyl (C=O) groups excluding carboxylic acids is 5. The van der Waals surface area contributed by atoms with E-state index in [1.807, 2.05) is 144 Å². The SMILES string of the molecule is CCCN(C)C(=O)c1cc(N)c2nc(-c3ccccc3)nn2c1.COC[C@@H]1CCCN1C(=O)c1cc(N)c2nc(-c3ccc(C)o3)nn2c1.Cc1ccc(-c2nc3c(N)cc(C(=O)N4CCCC4C)cn3n2)o1.Cc1ccc(-c2nc3c(N)cc(C(=O)N4CCCCC4)cn3n2)o1.Nc1cc(C(=O)N2CCCCC2)cn2nc(-c3ccccc3)nc12. The second kappa shape index (κ2) is 35.9. The number of hydrogen-bond donors (Lipinski definition) is 5. The number of nitrogen functional groups attached to an aromatic ring is 5. The van der Waals surface area contributed by atoms with Crippen molar-refractivity contribution in [3.8, 4) is 57.5 Å². The average molecular weight is 1640 g/mol. The number of pyridine rings is 5. The molecule has 0 saturated carbocycles. The minimum absolute atomic E-state index is 0.00538. The summed E-state index contributed by atoms with van der Waals surface area (Å²) < 4.78 is 29.7. The molecule has 17 heterocycles. The third-order valence-electron chi connectivity index (χ3n) is 21.5. The van der Waals surface area contributed by atoms with Gasteiger partial charge in [0.05, 0.1) is 68.9 Å². The van der Waals surface area contributed by atoms with Crippen molar-refractivity contribution >= 4 is 86.2 Å². The first-order valence-corrected chi connectivity index (χ1v) is 40.6. The van der Waals surface area contributed by atoms with Crippen LogP contribution in [0, 0.1) is 20.8 Å². The lowest BCUT2D eigenvalue weighted by Gasteiger charge is -2.26. The lowest BCUT2D eigenvalue weighted by molar-refractivity contribution is 0.0628. The molecule has 0 radical (unpaired) electrons. The summed E-state index contributed by atoms with van der Waals surface area (Å²) in [5.41, 5.74) is 39.8. The van der Waals surface area contributed by atoms with Crippen LogP contribution in [-0.2, 0) is 4.74 Å². The van der Waals surface area contributed by atoms with E-state index in [4.69, 9.17) is 46.7 Å². The summed E-state index contributed by atoms with van der Waals surface area (Å²) in [5, 5.41) is 22.2. The molecule has 10 N–H and O–H groups in total. The van der Waals surface area contributed by atoms with Gasteiger partial charge < -0.3 is 71.2 Å². The van der Waals surface area contributed by atoms with Crippen LogP contribution in [0.2, 0.25) is 0 Å². The number of rotatable bonds is 14. The first-order chi connectivity index (χ1) is 58.5. The fourth-order valence-electron chi connectivity index (χ4n) is 15.3. The molecule has 4 aliphatic rings. The highest BCUT2D eigenvalue weighted by molar-refractivity contribution is 5.99. The van der Waals surface area contributed by atoms with Gasteiger partial charge in [0.25, 0.3) is 29.5 Å². The molecular formula is C87H97N25O9. The van der Waals surface area contributed by atoms with Crippen LogP contribution in [0.15, 0.2) is 172 Å². The molecule has 0 bridgehead atoms. The number of aromatic nitrogens is 15. The van der Waals surface area contributed by atoms with Crippen molar-refractivity contribution in [1.82, 2.24) is 97.5 Å². The van der Waals surface area contributed by atoms with E-state index in [0.29, 0.717) is 144 Å². The van der Waals surface area contributed by atoms with Gasteiger partial charge in [-0.2, -0.15) is 0 Å². The van der Waals surface area contributed by atoms with Crippen molar-refractivity contribution in [3.05, 3.63) is 203 Å². The average Bonchev–Trinajstić information content (AvgIpc) is 1.63. The van der Waals surface area contributed by atoms with E-state index in [1.165, 1.54) is 17.4 Å². The summed E-state index contributed by atoms with van der Waals surface area (Å²) >= 11 is 0. The summed E-state index contributed by atoms with van der Waals surface area (Å²) in [6.07, 6.45) is 19.9. The molecule has 4 aliphatic heterocycles. The van der Waals surface area contributed by atoms with Gasteiger partial charge in [-0.1, -0.05) is 67.6 Å². The van der Waals surface area contributed by atoms with Gasteiger partial charge in [0.1, 0.15) is 17.3 Å². The van der Waals surface area contributed by atoms with E-state index < -0.39 is 0 Å². The minimum atomic E-state index is -0.0720. The lowest BCUT2D eigenvalue weighted by atomic mass is 10.1. The Morgan fingerprint density at radius 2 is 0.744 bits per heavy atom. The molecule has 19 rings (SSSR count). The van der Waals surface area contributed by atoms with Crippen molar-refractivity contribution < 1.29 is 42.0 Å². The van der Waals surface area contributed by atoms with Crippen LogP contribution in [0.1, 0.15) is 154 Å². The summed E-state index contributed by atoms with van der Waals surface area (Å²) in [7, 11) is 3.43. The van der Waals surface area contributed by atoms with Crippen LogP contribution >= 0.6 is 0 Å². The second-order valence-corrected chi connectivity index (χ2v) is 30.6. The number of nitrogens with zero attached hydrogens (tertiary/aromatic N) is 20. The Morgan fingerprint density at radius 3 is 1.09 bits per heavy atom. The van der Waals surface area contributed by atoms with Crippen LogP contribution in [0.25, 0.3) is 85.8 Å². The molecule has 0 aliphatic carbocycles. The molecule has 13 aromatic heterocycles. The number of hydrogen-bond acceptors (Lipinski definition) is 24. The van der Waals surface area contributed by atoms with Crippen molar-refractivity contribution in [2.24, 2.45) is 0 Å². The molecule has 1 unspecified atom stereocenters. The number of anilines is 5. The van der Waals surface area contributed by atoms with Crippen LogP contribution < -0.4 is 28.7 Å². The van der Waals surface area contributed by atoms with Crippen molar-refractivity contribution in [2.75, 3.05) is 95.2 Å². The molecule has 2 atom stereocenters. The Kier molecular flexibility index (Phi) is 24.3. The number of furan rings is 3. The van der Waals surface area contributed by atoms with Gasteiger partial charge in [0, 0.05) is 108 Å². The summed E-state index contributed by atoms with van der Waals surface area (Å²) in [6.45, 7) is 15.6. The number of methoxy groups -OCH3 is 1. The number of aryl methyl sites for hydroxylation is 3. The van der Waals surface area contributed by atoms with Crippen LogP contribution in [-0.4, -0.2) is 206 Å². The van der Waals surface area contributed by atoms with Gasteiger partial charge >= 0.3 is 0 Å². The third kappa shape index (κ3) is 18.1. The van der Waals surface area contributed by atoms with Gasteiger partial charge in [0.15, 0.2) is 57.2 Å². The minimum Gasteiger partial charge on any atom is -0.458 e. The number of benzene rings is 2. The van der Waals surface area contributed by atoms with Gasteiger partial charge in [0.2, 0.25) is 17.5 Å². The van der Waals surface area contributed by atoms with E-state index in [9.17, 15) is 24.0 Å². The molecule has 5 amide bonds. The Balaban J connectivity index is 0.000000118. The van der Waals surface area contributed by atoms with E-state index in [-0.39, 0.29) is 41.6 Å². The fraction of sp³-hybridized carbons (Fsp3) is 0.322. The molecule has 4 saturated heterocycles. The first-order valence-electron chi connectivity index (χ1n) is 40.6. The topological polar surface area (TPSA) is 431 Å². The summed E-state index contributed by atoms with van der Waals surface area (Å²) in [4.78, 5) is 94.8. The number of ether oxygens (including phenoxy) is 1.